The number of nitrogens with two attached hydrogens (primary N) is 1. The Labute approximate surface area is 55.5 Å². The number of aliphatic hydroxyl groups excluding tert-OH is 2. The number of hydrogen-bond donors (Lipinski definition) is 3. The summed E-state index contributed by atoms with van der Waals surface area (Å²) in [5.41, 5.74) is 5.08. The van der Waals surface area contributed by atoms with E-state index in [1.165, 1.54) is 0 Å². The van der Waals surface area contributed by atoms with Crippen molar-refractivity contribution in [3.63, 3.8) is 0 Å². The van der Waals surface area contributed by atoms with Crippen LogP contribution >= 0.6 is 0 Å². The van der Waals surface area contributed by atoms with Gasteiger partial charge in [-0.15, -0.1) is 0 Å². The molecular formula is C6H15NO2. The summed E-state index contributed by atoms with van der Waals surface area (Å²) in [7, 11) is 0. The van der Waals surface area contributed by atoms with Crippen LogP contribution in [0, 0.1) is 5.92 Å². The predicted molar refractivity (Wildman–Crippen MR) is 35.7 cm³/mol. The average molecular weight is 133 g/mol. The van der Waals surface area contributed by atoms with Gasteiger partial charge in [0.2, 0.25) is 0 Å². The lowest BCUT2D eigenvalue weighted by molar-refractivity contribution is 0.0828. The molecule has 0 amide bonds. The van der Waals surface area contributed by atoms with Crippen LogP contribution in [0.3, 0.4) is 0 Å². The first kappa shape index (κ1) is 8.88. The fourth-order valence-electron chi connectivity index (χ4n) is 0.578. The van der Waals surface area contributed by atoms with Gasteiger partial charge in [0.25, 0.3) is 0 Å². The Bertz CT molecular complexity index is 73.5. The Morgan fingerprint density at radius 2 is 1.78 bits per heavy atom. The van der Waals surface area contributed by atoms with Crippen molar-refractivity contribution < 1.29 is 10.2 Å². The van der Waals surface area contributed by atoms with E-state index in [4.69, 9.17) is 15.9 Å². The van der Waals surface area contributed by atoms with Gasteiger partial charge < -0.3 is 15.9 Å². The molecule has 0 bridgehead atoms. The van der Waals surface area contributed by atoms with Crippen molar-refractivity contribution in [2.75, 3.05) is 0 Å². The van der Waals surface area contributed by atoms with E-state index in [-0.39, 0.29) is 12.0 Å². The van der Waals surface area contributed by atoms with Crippen molar-refractivity contribution in [3.05, 3.63) is 0 Å². The van der Waals surface area contributed by atoms with E-state index in [0.29, 0.717) is 6.42 Å². The van der Waals surface area contributed by atoms with Crippen LogP contribution in [0.4, 0.5) is 0 Å². The van der Waals surface area contributed by atoms with Crippen LogP contribution in [-0.2, 0) is 0 Å². The standard InChI is InChI=1S/C6H15NO2/c1-4(5(2)8)3-6(7)9/h4-6,8-9H,3,7H2,1-2H3. The molecule has 0 saturated carbocycles. The van der Waals surface area contributed by atoms with Gasteiger partial charge in [0.15, 0.2) is 0 Å². The molecule has 0 heterocycles. The molecule has 0 fully saturated rings. The second kappa shape index (κ2) is 3.82. The molecule has 0 aromatic carbocycles. The lowest BCUT2D eigenvalue weighted by Crippen LogP contribution is -2.26. The first-order chi connectivity index (χ1) is 4.04. The second-order valence-electron chi connectivity index (χ2n) is 2.52. The summed E-state index contributed by atoms with van der Waals surface area (Å²) < 4.78 is 0. The van der Waals surface area contributed by atoms with Crippen LogP contribution < -0.4 is 5.73 Å². The zero-order chi connectivity index (χ0) is 7.44. The number of aliphatic hydroxyl groups is 2. The minimum atomic E-state index is -0.797. The number of hydrogen-bond acceptors (Lipinski definition) is 3. The lowest BCUT2D eigenvalue weighted by atomic mass is 10.0. The highest BCUT2D eigenvalue weighted by Crippen LogP contribution is 2.07. The maximum Gasteiger partial charge on any atom is 0.102 e. The van der Waals surface area contributed by atoms with Crippen molar-refractivity contribution in [2.45, 2.75) is 32.6 Å². The van der Waals surface area contributed by atoms with Gasteiger partial charge in [-0.25, -0.2) is 0 Å². The Morgan fingerprint density at radius 1 is 1.33 bits per heavy atom. The topological polar surface area (TPSA) is 66.5 Å². The molecule has 0 radical (unpaired) electrons. The van der Waals surface area contributed by atoms with Crippen molar-refractivity contribution in [2.24, 2.45) is 11.7 Å². The molecule has 0 aromatic rings. The predicted octanol–water partition coefficient (Wildman–Crippen LogP) is -0.329. The smallest absolute Gasteiger partial charge is 0.102 e. The summed E-state index contributed by atoms with van der Waals surface area (Å²) in [6.07, 6.45) is -0.727. The normalized spacial score (nSPS) is 21.0. The molecule has 0 aliphatic carbocycles. The molecule has 0 saturated heterocycles. The highest BCUT2D eigenvalue weighted by Gasteiger charge is 2.10. The highest BCUT2D eigenvalue weighted by atomic mass is 16.3. The molecule has 9 heavy (non-hydrogen) atoms. The van der Waals surface area contributed by atoms with Crippen molar-refractivity contribution in [1.82, 2.24) is 0 Å². The van der Waals surface area contributed by atoms with Crippen molar-refractivity contribution in [1.29, 1.82) is 0 Å². The Balaban J connectivity index is 3.38. The number of rotatable bonds is 3. The first-order valence-electron chi connectivity index (χ1n) is 3.15. The maximum atomic E-state index is 8.90. The highest BCUT2D eigenvalue weighted by molar-refractivity contribution is 4.60. The summed E-state index contributed by atoms with van der Waals surface area (Å²) in [4.78, 5) is 0. The van der Waals surface area contributed by atoms with E-state index in [9.17, 15) is 0 Å². The summed E-state index contributed by atoms with van der Waals surface area (Å²) in [6, 6.07) is 0. The van der Waals surface area contributed by atoms with E-state index < -0.39 is 6.23 Å². The van der Waals surface area contributed by atoms with Gasteiger partial charge in [0, 0.05) is 0 Å². The molecule has 3 atom stereocenters. The Hall–Kier alpha value is -0.120. The van der Waals surface area contributed by atoms with E-state index in [2.05, 4.69) is 0 Å². The van der Waals surface area contributed by atoms with Gasteiger partial charge in [0.1, 0.15) is 6.23 Å². The molecule has 0 aliphatic rings. The third-order valence-electron chi connectivity index (χ3n) is 1.44. The minimum Gasteiger partial charge on any atom is -0.393 e. The largest absolute Gasteiger partial charge is 0.393 e. The van der Waals surface area contributed by atoms with Gasteiger partial charge >= 0.3 is 0 Å². The van der Waals surface area contributed by atoms with Gasteiger partial charge in [-0.3, -0.25) is 0 Å². The minimum absolute atomic E-state index is 0.0741. The third-order valence-corrected chi connectivity index (χ3v) is 1.44. The van der Waals surface area contributed by atoms with Gasteiger partial charge in [-0.2, -0.15) is 0 Å². The molecule has 4 N–H and O–H groups in total. The summed E-state index contributed by atoms with van der Waals surface area (Å²) in [5.74, 6) is 0.0741. The van der Waals surface area contributed by atoms with Crippen LogP contribution in [0.15, 0.2) is 0 Å². The fourth-order valence-corrected chi connectivity index (χ4v) is 0.578. The zero-order valence-electron chi connectivity index (χ0n) is 5.91. The first-order valence-corrected chi connectivity index (χ1v) is 3.15. The van der Waals surface area contributed by atoms with E-state index in [0.717, 1.165) is 0 Å². The summed E-state index contributed by atoms with van der Waals surface area (Å²) in [5, 5.41) is 17.5. The molecule has 0 aromatic heterocycles. The fraction of sp³-hybridized carbons (Fsp3) is 1.00. The van der Waals surface area contributed by atoms with Crippen molar-refractivity contribution in [3.8, 4) is 0 Å². The zero-order valence-corrected chi connectivity index (χ0v) is 5.91. The van der Waals surface area contributed by atoms with Crippen LogP contribution in [0.1, 0.15) is 20.3 Å². The molecule has 3 heteroatoms. The van der Waals surface area contributed by atoms with Gasteiger partial charge in [0.05, 0.1) is 6.10 Å². The van der Waals surface area contributed by atoms with Crippen LogP contribution in [0.2, 0.25) is 0 Å². The Morgan fingerprint density at radius 3 is 1.89 bits per heavy atom. The van der Waals surface area contributed by atoms with E-state index in [1.54, 1.807) is 6.92 Å². The monoisotopic (exact) mass is 133 g/mol. The van der Waals surface area contributed by atoms with Crippen LogP contribution in [-0.4, -0.2) is 22.5 Å². The SMILES string of the molecule is CC(O)C(C)CC(N)O. The second-order valence-corrected chi connectivity index (χ2v) is 2.52. The van der Waals surface area contributed by atoms with E-state index in [1.807, 2.05) is 6.92 Å². The summed E-state index contributed by atoms with van der Waals surface area (Å²) in [6.45, 7) is 3.54. The Kier molecular flexibility index (Phi) is 3.77. The molecule has 0 rings (SSSR count). The van der Waals surface area contributed by atoms with Crippen LogP contribution in [0.5, 0.6) is 0 Å². The van der Waals surface area contributed by atoms with E-state index >= 15 is 0 Å². The molecule has 0 spiro atoms. The molecule has 3 nitrogen and oxygen atoms in total. The maximum absolute atomic E-state index is 8.90. The average Bonchev–Trinajstić information content (AvgIpc) is 1.63. The third kappa shape index (κ3) is 4.39. The molecule has 56 valence electrons. The molecule has 3 unspecified atom stereocenters. The summed E-state index contributed by atoms with van der Waals surface area (Å²) >= 11 is 0. The van der Waals surface area contributed by atoms with Crippen molar-refractivity contribution >= 4 is 0 Å². The van der Waals surface area contributed by atoms with Gasteiger partial charge in [-0.05, 0) is 19.3 Å². The molecule has 0 aliphatic heterocycles. The lowest BCUT2D eigenvalue weighted by Gasteiger charge is -2.15. The van der Waals surface area contributed by atoms with Gasteiger partial charge in [-0.1, -0.05) is 6.92 Å². The molecular weight excluding hydrogens is 118 g/mol. The van der Waals surface area contributed by atoms with Crippen LogP contribution in [0.25, 0.3) is 0 Å². The quantitative estimate of drug-likeness (QED) is 0.462.